The molecule has 4 heteroatoms. The fourth-order valence-corrected chi connectivity index (χ4v) is 2.44. The molecule has 1 aliphatic carbocycles. The first-order chi connectivity index (χ1) is 9.17. The van der Waals surface area contributed by atoms with Gasteiger partial charge in [0.05, 0.1) is 12.7 Å². The maximum atomic E-state index is 11.9. The number of carbonyl (C=O) groups excluding carboxylic acids is 1. The van der Waals surface area contributed by atoms with Crippen molar-refractivity contribution in [2.45, 2.75) is 38.8 Å². The monoisotopic (exact) mass is 262 g/mol. The quantitative estimate of drug-likeness (QED) is 0.632. The second-order valence-electron chi connectivity index (χ2n) is 5.07. The maximum absolute atomic E-state index is 11.9. The molecule has 104 valence electrons. The lowest BCUT2D eigenvalue weighted by Crippen LogP contribution is -2.27. The van der Waals surface area contributed by atoms with Gasteiger partial charge in [-0.3, -0.25) is 4.90 Å². The van der Waals surface area contributed by atoms with Crippen molar-refractivity contribution in [3.63, 3.8) is 0 Å². The van der Waals surface area contributed by atoms with E-state index in [0.29, 0.717) is 17.3 Å². The third kappa shape index (κ3) is 3.26. The molecule has 0 bridgehead atoms. The zero-order valence-corrected chi connectivity index (χ0v) is 11.7. The summed E-state index contributed by atoms with van der Waals surface area (Å²) in [7, 11) is 1.39. The van der Waals surface area contributed by atoms with Crippen molar-refractivity contribution in [2.75, 3.05) is 19.4 Å². The van der Waals surface area contributed by atoms with Crippen molar-refractivity contribution >= 4 is 11.7 Å². The summed E-state index contributed by atoms with van der Waals surface area (Å²) in [5.74, 6) is -0.347. The Kier molecular flexibility index (Phi) is 4.43. The first-order valence-corrected chi connectivity index (χ1v) is 6.87. The van der Waals surface area contributed by atoms with Crippen LogP contribution in [0.15, 0.2) is 18.2 Å². The van der Waals surface area contributed by atoms with Gasteiger partial charge >= 0.3 is 5.97 Å². The molecule has 1 fully saturated rings. The Balaban J connectivity index is 2.23. The van der Waals surface area contributed by atoms with Crippen molar-refractivity contribution in [3.8, 4) is 0 Å². The van der Waals surface area contributed by atoms with E-state index >= 15 is 0 Å². The molecule has 0 atom stereocenters. The molecule has 1 aromatic carbocycles. The number of nitrogen functional groups attached to an aromatic ring is 1. The summed E-state index contributed by atoms with van der Waals surface area (Å²) in [6.07, 6.45) is 3.64. The number of ether oxygens (including phenoxy) is 1. The Morgan fingerprint density at radius 1 is 1.47 bits per heavy atom. The van der Waals surface area contributed by atoms with Crippen LogP contribution < -0.4 is 5.73 Å². The van der Waals surface area contributed by atoms with Crippen molar-refractivity contribution < 1.29 is 9.53 Å². The molecule has 1 aliphatic rings. The highest BCUT2D eigenvalue weighted by atomic mass is 16.5. The van der Waals surface area contributed by atoms with E-state index < -0.39 is 0 Å². The Morgan fingerprint density at radius 3 is 2.79 bits per heavy atom. The van der Waals surface area contributed by atoms with Crippen LogP contribution in [0.1, 0.15) is 42.1 Å². The lowest BCUT2D eigenvalue weighted by molar-refractivity contribution is 0.0599. The van der Waals surface area contributed by atoms with Crippen LogP contribution in [0, 0.1) is 0 Å². The highest BCUT2D eigenvalue weighted by molar-refractivity contribution is 5.96. The van der Waals surface area contributed by atoms with Gasteiger partial charge < -0.3 is 10.5 Å². The minimum atomic E-state index is -0.347. The lowest BCUT2D eigenvalue weighted by Gasteiger charge is -2.22. The molecule has 4 nitrogen and oxygen atoms in total. The summed E-state index contributed by atoms with van der Waals surface area (Å²) in [5, 5.41) is 0. The first-order valence-electron chi connectivity index (χ1n) is 6.87. The van der Waals surface area contributed by atoms with Crippen LogP contribution in [0.25, 0.3) is 0 Å². The average Bonchev–Trinajstić information content (AvgIpc) is 3.22. The van der Waals surface area contributed by atoms with Crippen molar-refractivity contribution in [1.82, 2.24) is 4.90 Å². The zero-order chi connectivity index (χ0) is 13.8. The van der Waals surface area contributed by atoms with Gasteiger partial charge in [0.15, 0.2) is 0 Å². The van der Waals surface area contributed by atoms with E-state index in [1.807, 2.05) is 12.1 Å². The number of nitrogens with zero attached hydrogens (tertiary/aromatic N) is 1. The predicted molar refractivity (Wildman–Crippen MR) is 75.9 cm³/mol. The fourth-order valence-electron chi connectivity index (χ4n) is 2.44. The molecular weight excluding hydrogens is 240 g/mol. The van der Waals surface area contributed by atoms with Crippen LogP contribution in [0.2, 0.25) is 0 Å². The van der Waals surface area contributed by atoms with Crippen molar-refractivity contribution in [1.29, 1.82) is 0 Å². The summed E-state index contributed by atoms with van der Waals surface area (Å²) in [4.78, 5) is 14.3. The molecule has 1 aromatic rings. The van der Waals surface area contributed by atoms with Crippen LogP contribution in [0.3, 0.4) is 0 Å². The topological polar surface area (TPSA) is 55.6 Å². The van der Waals surface area contributed by atoms with Gasteiger partial charge in [-0.15, -0.1) is 0 Å². The van der Waals surface area contributed by atoms with Gasteiger partial charge in [0.1, 0.15) is 0 Å². The maximum Gasteiger partial charge on any atom is 0.340 e. The largest absolute Gasteiger partial charge is 0.465 e. The number of hydrogen-bond donors (Lipinski definition) is 1. The van der Waals surface area contributed by atoms with Gasteiger partial charge in [0, 0.05) is 18.3 Å². The van der Waals surface area contributed by atoms with Gasteiger partial charge in [0.2, 0.25) is 0 Å². The number of hydrogen-bond acceptors (Lipinski definition) is 4. The van der Waals surface area contributed by atoms with Gasteiger partial charge in [-0.2, -0.15) is 0 Å². The highest BCUT2D eigenvalue weighted by Gasteiger charge is 2.29. The van der Waals surface area contributed by atoms with E-state index in [9.17, 15) is 4.79 Å². The molecule has 0 radical (unpaired) electrons. The van der Waals surface area contributed by atoms with Crippen LogP contribution >= 0.6 is 0 Å². The van der Waals surface area contributed by atoms with Crippen LogP contribution in [0.5, 0.6) is 0 Å². The predicted octanol–water partition coefficient (Wildman–Crippen LogP) is 2.43. The Hall–Kier alpha value is -1.55. The number of anilines is 1. The van der Waals surface area contributed by atoms with E-state index in [4.69, 9.17) is 10.5 Å². The minimum absolute atomic E-state index is 0.347. The average molecular weight is 262 g/mol. The molecule has 0 amide bonds. The number of rotatable bonds is 6. The molecule has 0 aliphatic heterocycles. The second-order valence-corrected chi connectivity index (χ2v) is 5.07. The number of nitrogens with two attached hydrogens (primary N) is 1. The van der Waals surface area contributed by atoms with E-state index in [0.717, 1.165) is 25.1 Å². The van der Waals surface area contributed by atoms with Crippen molar-refractivity contribution in [3.05, 3.63) is 29.3 Å². The van der Waals surface area contributed by atoms with Crippen LogP contribution in [-0.4, -0.2) is 30.6 Å². The first kappa shape index (κ1) is 13.9. The smallest absolute Gasteiger partial charge is 0.340 e. The molecule has 0 spiro atoms. The summed E-state index contributed by atoms with van der Waals surface area (Å²) >= 11 is 0. The van der Waals surface area contributed by atoms with E-state index in [1.165, 1.54) is 20.0 Å². The molecule has 0 unspecified atom stereocenters. The third-order valence-corrected chi connectivity index (χ3v) is 3.52. The number of esters is 1. The van der Waals surface area contributed by atoms with Gasteiger partial charge in [-0.05, 0) is 37.4 Å². The van der Waals surface area contributed by atoms with E-state index in [-0.39, 0.29) is 5.97 Å². The summed E-state index contributed by atoms with van der Waals surface area (Å²) in [5.41, 5.74) is 7.90. The number of methoxy groups -OCH3 is 1. The van der Waals surface area contributed by atoms with Gasteiger partial charge in [0.25, 0.3) is 0 Å². The molecule has 2 rings (SSSR count). The number of benzene rings is 1. The highest BCUT2D eigenvalue weighted by Crippen LogP contribution is 2.30. The second kappa shape index (κ2) is 6.06. The Labute approximate surface area is 114 Å². The molecule has 0 aromatic heterocycles. The lowest BCUT2D eigenvalue weighted by atomic mass is 10.0. The van der Waals surface area contributed by atoms with E-state index in [2.05, 4.69) is 11.8 Å². The normalized spacial score (nSPS) is 14.7. The molecule has 0 heterocycles. The molecule has 19 heavy (non-hydrogen) atoms. The minimum Gasteiger partial charge on any atom is -0.465 e. The van der Waals surface area contributed by atoms with Crippen molar-refractivity contribution in [2.24, 2.45) is 0 Å². The van der Waals surface area contributed by atoms with Gasteiger partial charge in [-0.25, -0.2) is 4.79 Å². The third-order valence-electron chi connectivity index (χ3n) is 3.52. The van der Waals surface area contributed by atoms with Crippen LogP contribution in [0.4, 0.5) is 5.69 Å². The molecule has 0 saturated heterocycles. The molecular formula is C15H22N2O2. The Bertz CT molecular complexity index is 455. The fraction of sp³-hybridized carbons (Fsp3) is 0.533. The Morgan fingerprint density at radius 2 is 2.21 bits per heavy atom. The molecule has 2 N–H and O–H groups in total. The summed E-state index contributed by atoms with van der Waals surface area (Å²) in [6.45, 7) is 4.00. The number of carbonyl (C=O) groups is 1. The van der Waals surface area contributed by atoms with Crippen LogP contribution in [-0.2, 0) is 11.3 Å². The van der Waals surface area contributed by atoms with E-state index in [1.54, 1.807) is 6.07 Å². The molecule has 1 saturated carbocycles. The standard InChI is InChI=1S/C15H22N2O2/c1-3-9-17(12-7-8-12)10-11-5-4-6-13(16)14(11)15(18)19-2/h4-6,12H,3,7-10,16H2,1-2H3. The van der Waals surface area contributed by atoms with Gasteiger partial charge in [-0.1, -0.05) is 19.1 Å². The zero-order valence-electron chi connectivity index (χ0n) is 11.7. The SMILES string of the molecule is CCCN(Cc1cccc(N)c1C(=O)OC)C1CC1. The summed E-state index contributed by atoms with van der Waals surface area (Å²) < 4.78 is 4.84. The summed E-state index contributed by atoms with van der Waals surface area (Å²) in [6, 6.07) is 6.28.